The van der Waals surface area contributed by atoms with Crippen LogP contribution in [-0.2, 0) is 15.1 Å². The largest absolute Gasteiger partial charge is 0.469 e. The van der Waals surface area contributed by atoms with E-state index >= 15 is 0 Å². The normalized spacial score (nSPS) is 13.3. The first kappa shape index (κ1) is 16.7. The molecular weight excluding hydrogens is 308 g/mol. The van der Waals surface area contributed by atoms with Crippen LogP contribution in [-0.4, -0.2) is 19.0 Å². The van der Waals surface area contributed by atoms with Crippen molar-refractivity contribution in [3.8, 4) is 0 Å². The molecule has 1 unspecified atom stereocenters. The molecule has 0 aliphatic carbocycles. The van der Waals surface area contributed by atoms with Crippen molar-refractivity contribution in [3.05, 3.63) is 59.1 Å². The molecule has 1 atom stereocenters. The summed E-state index contributed by atoms with van der Waals surface area (Å²) in [5.74, 6) is -2.87. The number of nitrogens with one attached hydrogen (secondary N) is 1. The van der Waals surface area contributed by atoms with Gasteiger partial charge in [-0.1, -0.05) is 0 Å². The first-order valence-corrected chi connectivity index (χ1v) is 6.70. The Morgan fingerprint density at radius 1 is 1.26 bits per heavy atom. The van der Waals surface area contributed by atoms with Gasteiger partial charge >= 0.3 is 5.97 Å². The number of ether oxygens (including phenoxy) is 1. The van der Waals surface area contributed by atoms with Crippen molar-refractivity contribution in [1.29, 1.82) is 0 Å². The number of methoxy groups -OCH3 is 1. The van der Waals surface area contributed by atoms with E-state index in [2.05, 4.69) is 10.1 Å². The van der Waals surface area contributed by atoms with Crippen molar-refractivity contribution in [3.63, 3.8) is 0 Å². The van der Waals surface area contributed by atoms with Crippen molar-refractivity contribution < 1.29 is 27.5 Å². The second kappa shape index (κ2) is 6.20. The monoisotopic (exact) mass is 323 g/mol. The zero-order valence-corrected chi connectivity index (χ0v) is 12.8. The molecule has 0 fully saturated rings. The summed E-state index contributed by atoms with van der Waals surface area (Å²) < 4.78 is 37.2. The number of furan rings is 1. The molecule has 1 aromatic heterocycles. The van der Waals surface area contributed by atoms with Gasteiger partial charge in [-0.15, -0.1) is 0 Å². The van der Waals surface area contributed by atoms with Gasteiger partial charge in [0.2, 0.25) is 0 Å². The number of hydrogen-bond acceptors (Lipinski definition) is 4. The number of amides is 1. The predicted molar refractivity (Wildman–Crippen MR) is 76.6 cm³/mol. The second-order valence-electron chi connectivity index (χ2n) is 5.09. The highest BCUT2D eigenvalue weighted by Crippen LogP contribution is 2.27. The summed E-state index contributed by atoms with van der Waals surface area (Å²) in [6.45, 7) is 2.80. The first-order valence-electron chi connectivity index (χ1n) is 6.70. The van der Waals surface area contributed by atoms with Gasteiger partial charge in [0.05, 0.1) is 18.9 Å². The third-order valence-electron chi connectivity index (χ3n) is 3.53. The molecule has 5 nitrogen and oxygen atoms in total. The molecule has 0 radical (unpaired) electrons. The summed E-state index contributed by atoms with van der Waals surface area (Å²) in [6, 6.07) is 4.04. The number of halogens is 2. The molecule has 0 aliphatic heterocycles. The fourth-order valence-electron chi connectivity index (χ4n) is 2.23. The van der Waals surface area contributed by atoms with Crippen LogP contribution in [0.1, 0.15) is 28.6 Å². The van der Waals surface area contributed by atoms with Gasteiger partial charge < -0.3 is 14.5 Å². The molecular formula is C16H15F2NO4. The standard InChI is InChI=1S/C16H15F2NO4/c1-9-11(6-7-23-9)14(20)19-16(2,15(21)22-3)12-8-10(17)4-5-13(12)18/h4-8H,1-3H3,(H,19,20). The van der Waals surface area contributed by atoms with Gasteiger partial charge in [0, 0.05) is 5.56 Å². The Morgan fingerprint density at radius 3 is 2.52 bits per heavy atom. The van der Waals surface area contributed by atoms with Crippen molar-refractivity contribution in [2.45, 2.75) is 19.4 Å². The number of benzene rings is 1. The Morgan fingerprint density at radius 2 is 1.96 bits per heavy atom. The zero-order chi connectivity index (χ0) is 17.2. The van der Waals surface area contributed by atoms with Gasteiger partial charge in [0.15, 0.2) is 5.54 Å². The summed E-state index contributed by atoms with van der Waals surface area (Å²) >= 11 is 0. The highest BCUT2D eigenvalue weighted by atomic mass is 19.1. The Bertz CT molecular complexity index is 756. The topological polar surface area (TPSA) is 68.5 Å². The lowest BCUT2D eigenvalue weighted by Gasteiger charge is -2.28. The van der Waals surface area contributed by atoms with Crippen molar-refractivity contribution >= 4 is 11.9 Å². The van der Waals surface area contributed by atoms with E-state index in [9.17, 15) is 18.4 Å². The average Bonchev–Trinajstić information content (AvgIpc) is 2.94. The van der Waals surface area contributed by atoms with Gasteiger partial charge in [0.25, 0.3) is 5.91 Å². The van der Waals surface area contributed by atoms with Crippen molar-refractivity contribution in [1.82, 2.24) is 5.32 Å². The zero-order valence-electron chi connectivity index (χ0n) is 12.8. The van der Waals surface area contributed by atoms with Gasteiger partial charge in [-0.05, 0) is 38.1 Å². The highest BCUT2D eigenvalue weighted by Gasteiger charge is 2.41. The quantitative estimate of drug-likeness (QED) is 0.879. The predicted octanol–water partition coefficient (Wildman–Crippen LogP) is 2.68. The Kier molecular flexibility index (Phi) is 4.49. The molecule has 1 amide bonds. The second-order valence-corrected chi connectivity index (χ2v) is 5.09. The fraction of sp³-hybridized carbons (Fsp3) is 0.250. The smallest absolute Gasteiger partial charge is 0.336 e. The molecule has 2 aromatic rings. The van der Waals surface area contributed by atoms with Gasteiger partial charge in [0.1, 0.15) is 17.4 Å². The molecule has 1 N–H and O–H groups in total. The lowest BCUT2D eigenvalue weighted by atomic mass is 9.90. The minimum atomic E-state index is -1.90. The number of esters is 1. The first-order chi connectivity index (χ1) is 10.8. The van der Waals surface area contributed by atoms with Gasteiger partial charge in [-0.2, -0.15) is 0 Å². The van der Waals surface area contributed by atoms with E-state index in [-0.39, 0.29) is 11.1 Å². The Labute approximate surface area is 131 Å². The van der Waals surface area contributed by atoms with E-state index < -0.39 is 29.0 Å². The van der Waals surface area contributed by atoms with Crippen LogP contribution in [0, 0.1) is 18.6 Å². The van der Waals surface area contributed by atoms with E-state index in [0.717, 1.165) is 25.3 Å². The minimum absolute atomic E-state index is 0.178. The van der Waals surface area contributed by atoms with Gasteiger partial charge in [-0.25, -0.2) is 13.6 Å². The van der Waals surface area contributed by atoms with Crippen molar-refractivity contribution in [2.24, 2.45) is 0 Å². The van der Waals surface area contributed by atoms with Crippen LogP contribution in [0.2, 0.25) is 0 Å². The van der Waals surface area contributed by atoms with Crippen LogP contribution in [0.4, 0.5) is 8.78 Å². The molecule has 1 aromatic carbocycles. The molecule has 0 bridgehead atoms. The molecule has 1 heterocycles. The summed E-state index contributed by atoms with van der Waals surface area (Å²) in [6.07, 6.45) is 1.31. The summed E-state index contributed by atoms with van der Waals surface area (Å²) in [7, 11) is 1.09. The lowest BCUT2D eigenvalue weighted by Crippen LogP contribution is -2.50. The number of carbonyl (C=O) groups excluding carboxylic acids is 2. The fourth-order valence-corrected chi connectivity index (χ4v) is 2.23. The van der Waals surface area contributed by atoms with Crippen LogP contribution in [0.15, 0.2) is 34.9 Å². The van der Waals surface area contributed by atoms with Crippen molar-refractivity contribution in [2.75, 3.05) is 7.11 Å². The molecule has 0 saturated heterocycles. The lowest BCUT2D eigenvalue weighted by molar-refractivity contribution is -0.148. The minimum Gasteiger partial charge on any atom is -0.469 e. The van der Waals surface area contributed by atoms with E-state index in [1.54, 1.807) is 6.92 Å². The molecule has 23 heavy (non-hydrogen) atoms. The molecule has 0 saturated carbocycles. The maximum absolute atomic E-state index is 14.1. The average molecular weight is 323 g/mol. The summed E-state index contributed by atoms with van der Waals surface area (Å²) in [4.78, 5) is 24.5. The van der Waals surface area contributed by atoms with Crippen LogP contribution in [0.5, 0.6) is 0 Å². The highest BCUT2D eigenvalue weighted by molar-refractivity contribution is 5.99. The SMILES string of the molecule is COC(=O)C(C)(NC(=O)c1ccoc1C)c1cc(F)ccc1F. The van der Waals surface area contributed by atoms with Gasteiger partial charge in [-0.3, -0.25) is 4.79 Å². The number of aryl methyl sites for hydroxylation is 1. The number of carbonyl (C=O) groups is 2. The van der Waals surface area contributed by atoms with E-state index in [0.29, 0.717) is 5.76 Å². The third kappa shape index (κ3) is 3.08. The number of rotatable bonds is 4. The van der Waals surface area contributed by atoms with E-state index in [1.165, 1.54) is 19.3 Å². The summed E-state index contributed by atoms with van der Waals surface area (Å²) in [5.41, 5.74) is -2.06. The van der Waals surface area contributed by atoms with Crippen LogP contribution < -0.4 is 5.32 Å². The molecule has 0 spiro atoms. The van der Waals surface area contributed by atoms with Crippen LogP contribution >= 0.6 is 0 Å². The molecule has 0 aliphatic rings. The molecule has 2 rings (SSSR count). The number of hydrogen-bond donors (Lipinski definition) is 1. The maximum Gasteiger partial charge on any atom is 0.336 e. The van der Waals surface area contributed by atoms with Crippen LogP contribution in [0.25, 0.3) is 0 Å². The third-order valence-corrected chi connectivity index (χ3v) is 3.53. The van der Waals surface area contributed by atoms with E-state index in [1.807, 2.05) is 0 Å². The van der Waals surface area contributed by atoms with Crippen LogP contribution in [0.3, 0.4) is 0 Å². The molecule has 122 valence electrons. The maximum atomic E-state index is 14.1. The Balaban J connectivity index is 2.48. The Hall–Kier alpha value is -2.70. The molecule has 7 heteroatoms. The summed E-state index contributed by atoms with van der Waals surface area (Å²) in [5, 5.41) is 2.39. The van der Waals surface area contributed by atoms with E-state index in [4.69, 9.17) is 4.42 Å².